The molecular formula is C13H16N2O4. The molecule has 1 atom stereocenters. The highest BCUT2D eigenvalue weighted by atomic mass is 16.5. The summed E-state index contributed by atoms with van der Waals surface area (Å²) >= 11 is 0. The van der Waals surface area contributed by atoms with Crippen LogP contribution in [-0.2, 0) is 11.2 Å². The van der Waals surface area contributed by atoms with Crippen LogP contribution in [0.25, 0.3) is 5.52 Å². The molecule has 0 aliphatic rings. The normalized spacial score (nSPS) is 12.4. The molecule has 2 rings (SSSR count). The molecule has 19 heavy (non-hydrogen) atoms. The quantitative estimate of drug-likeness (QED) is 0.836. The minimum Gasteiger partial charge on any atom is -0.497 e. The lowest BCUT2D eigenvalue weighted by molar-refractivity contribution is 0.0596. The molecule has 0 fully saturated rings. The van der Waals surface area contributed by atoms with E-state index in [1.165, 1.54) is 7.11 Å². The zero-order valence-corrected chi connectivity index (χ0v) is 11.1. The van der Waals surface area contributed by atoms with Gasteiger partial charge in [-0.3, -0.25) is 0 Å². The molecule has 0 radical (unpaired) electrons. The second-order valence-corrected chi connectivity index (χ2v) is 4.24. The number of esters is 1. The van der Waals surface area contributed by atoms with Crippen molar-refractivity contribution in [1.29, 1.82) is 0 Å². The van der Waals surface area contributed by atoms with Crippen LogP contribution in [0.4, 0.5) is 0 Å². The lowest BCUT2D eigenvalue weighted by Gasteiger charge is -2.04. The molecule has 0 aromatic carbocycles. The third kappa shape index (κ3) is 2.53. The summed E-state index contributed by atoms with van der Waals surface area (Å²) in [6.45, 7) is 1.67. The maximum atomic E-state index is 11.7. The SMILES string of the molecule is COC(=O)c1nc(CC(C)O)n2ccc(OC)cc12. The summed E-state index contributed by atoms with van der Waals surface area (Å²) in [7, 11) is 2.86. The Morgan fingerprint density at radius 1 is 1.53 bits per heavy atom. The van der Waals surface area contributed by atoms with Crippen LogP contribution < -0.4 is 4.74 Å². The van der Waals surface area contributed by atoms with E-state index in [-0.39, 0.29) is 5.69 Å². The number of aromatic nitrogens is 2. The number of imidazole rings is 1. The molecule has 2 heterocycles. The van der Waals surface area contributed by atoms with Crippen molar-refractivity contribution in [3.8, 4) is 5.75 Å². The molecule has 102 valence electrons. The fourth-order valence-corrected chi connectivity index (χ4v) is 1.91. The summed E-state index contributed by atoms with van der Waals surface area (Å²) in [4.78, 5) is 16.0. The van der Waals surface area contributed by atoms with Gasteiger partial charge in [0.25, 0.3) is 0 Å². The zero-order valence-electron chi connectivity index (χ0n) is 11.1. The fourth-order valence-electron chi connectivity index (χ4n) is 1.91. The van der Waals surface area contributed by atoms with Gasteiger partial charge in [-0.2, -0.15) is 0 Å². The number of hydrogen-bond donors (Lipinski definition) is 1. The predicted molar refractivity (Wildman–Crippen MR) is 68.5 cm³/mol. The van der Waals surface area contributed by atoms with Gasteiger partial charge in [-0.15, -0.1) is 0 Å². The number of methoxy groups -OCH3 is 2. The van der Waals surface area contributed by atoms with E-state index < -0.39 is 12.1 Å². The molecule has 0 saturated carbocycles. The molecular weight excluding hydrogens is 248 g/mol. The smallest absolute Gasteiger partial charge is 0.358 e. The highest BCUT2D eigenvalue weighted by Crippen LogP contribution is 2.20. The maximum Gasteiger partial charge on any atom is 0.358 e. The first-order chi connectivity index (χ1) is 9.06. The summed E-state index contributed by atoms with van der Waals surface area (Å²) in [6, 6.07) is 3.48. The van der Waals surface area contributed by atoms with Gasteiger partial charge in [-0.1, -0.05) is 0 Å². The largest absolute Gasteiger partial charge is 0.497 e. The van der Waals surface area contributed by atoms with Crippen molar-refractivity contribution in [3.05, 3.63) is 29.8 Å². The molecule has 0 saturated heterocycles. The molecule has 0 spiro atoms. The second-order valence-electron chi connectivity index (χ2n) is 4.24. The number of pyridine rings is 1. The van der Waals surface area contributed by atoms with Crippen molar-refractivity contribution in [2.75, 3.05) is 14.2 Å². The summed E-state index contributed by atoms with van der Waals surface area (Å²) in [5, 5.41) is 9.48. The first kappa shape index (κ1) is 13.4. The van der Waals surface area contributed by atoms with Crippen LogP contribution in [0.2, 0.25) is 0 Å². The van der Waals surface area contributed by atoms with Crippen molar-refractivity contribution in [2.45, 2.75) is 19.4 Å². The molecule has 1 unspecified atom stereocenters. The Balaban J connectivity index is 2.62. The molecule has 2 aromatic rings. The Hall–Kier alpha value is -2.08. The van der Waals surface area contributed by atoms with Gasteiger partial charge in [0.15, 0.2) is 5.69 Å². The Morgan fingerprint density at radius 3 is 2.84 bits per heavy atom. The van der Waals surface area contributed by atoms with Crippen molar-refractivity contribution >= 4 is 11.5 Å². The highest BCUT2D eigenvalue weighted by Gasteiger charge is 2.19. The Kier molecular flexibility index (Phi) is 3.71. The van der Waals surface area contributed by atoms with E-state index in [1.54, 1.807) is 36.8 Å². The van der Waals surface area contributed by atoms with E-state index in [9.17, 15) is 9.90 Å². The van der Waals surface area contributed by atoms with Crippen molar-refractivity contribution in [2.24, 2.45) is 0 Å². The summed E-state index contributed by atoms with van der Waals surface area (Å²) in [5.74, 6) is 0.719. The number of aliphatic hydroxyl groups is 1. The number of fused-ring (bicyclic) bond motifs is 1. The molecule has 6 heteroatoms. The van der Waals surface area contributed by atoms with E-state index in [2.05, 4.69) is 4.98 Å². The molecule has 1 N–H and O–H groups in total. The topological polar surface area (TPSA) is 73.1 Å². The van der Waals surface area contributed by atoms with Gasteiger partial charge in [-0.05, 0) is 13.0 Å². The van der Waals surface area contributed by atoms with E-state index in [4.69, 9.17) is 9.47 Å². The summed E-state index contributed by atoms with van der Waals surface area (Å²) in [6.07, 6.45) is 1.56. The number of aliphatic hydroxyl groups excluding tert-OH is 1. The maximum absolute atomic E-state index is 11.7. The van der Waals surface area contributed by atoms with E-state index in [0.29, 0.717) is 23.5 Å². The summed E-state index contributed by atoms with van der Waals surface area (Å²) < 4.78 is 11.6. The van der Waals surface area contributed by atoms with Crippen LogP contribution in [0.5, 0.6) is 5.75 Å². The van der Waals surface area contributed by atoms with E-state index >= 15 is 0 Å². The molecule has 6 nitrogen and oxygen atoms in total. The third-order valence-electron chi connectivity index (χ3n) is 2.78. The first-order valence-electron chi connectivity index (χ1n) is 5.88. The van der Waals surface area contributed by atoms with Crippen LogP contribution in [0.3, 0.4) is 0 Å². The molecule has 0 amide bonds. The predicted octanol–water partition coefficient (Wildman–Crippen LogP) is 1.05. The number of ether oxygens (including phenoxy) is 2. The van der Waals surface area contributed by atoms with Crippen molar-refractivity contribution < 1.29 is 19.4 Å². The van der Waals surface area contributed by atoms with Crippen LogP contribution >= 0.6 is 0 Å². The lowest BCUT2D eigenvalue weighted by Crippen LogP contribution is -2.08. The monoisotopic (exact) mass is 264 g/mol. The van der Waals surface area contributed by atoms with Crippen LogP contribution in [0.1, 0.15) is 23.2 Å². The Morgan fingerprint density at radius 2 is 2.26 bits per heavy atom. The van der Waals surface area contributed by atoms with Crippen LogP contribution in [-0.4, -0.2) is 40.8 Å². The van der Waals surface area contributed by atoms with E-state index in [0.717, 1.165) is 0 Å². The van der Waals surface area contributed by atoms with Crippen molar-refractivity contribution in [3.63, 3.8) is 0 Å². The number of rotatable bonds is 4. The molecule has 0 aliphatic carbocycles. The van der Waals surface area contributed by atoms with Gasteiger partial charge in [0.1, 0.15) is 11.6 Å². The van der Waals surface area contributed by atoms with E-state index in [1.807, 2.05) is 0 Å². The number of nitrogens with zero attached hydrogens (tertiary/aromatic N) is 2. The van der Waals surface area contributed by atoms with Crippen molar-refractivity contribution in [1.82, 2.24) is 9.38 Å². The molecule has 0 bridgehead atoms. The number of hydrogen-bond acceptors (Lipinski definition) is 5. The summed E-state index contributed by atoms with van der Waals surface area (Å²) in [5.41, 5.74) is 0.818. The number of carbonyl (C=O) groups is 1. The minimum atomic E-state index is -0.543. The van der Waals surface area contributed by atoms with Gasteiger partial charge in [-0.25, -0.2) is 9.78 Å². The van der Waals surface area contributed by atoms with Gasteiger partial charge < -0.3 is 19.0 Å². The Labute approximate surface area is 110 Å². The number of carbonyl (C=O) groups excluding carboxylic acids is 1. The fraction of sp³-hybridized carbons (Fsp3) is 0.385. The Bertz CT molecular complexity index is 604. The average molecular weight is 264 g/mol. The minimum absolute atomic E-state index is 0.219. The zero-order chi connectivity index (χ0) is 14.0. The van der Waals surface area contributed by atoms with Gasteiger partial charge >= 0.3 is 5.97 Å². The highest BCUT2D eigenvalue weighted by molar-refractivity contribution is 5.95. The lowest BCUT2D eigenvalue weighted by atomic mass is 10.3. The third-order valence-corrected chi connectivity index (χ3v) is 2.78. The first-order valence-corrected chi connectivity index (χ1v) is 5.88. The molecule has 2 aromatic heterocycles. The second kappa shape index (κ2) is 5.27. The van der Waals surface area contributed by atoms with Crippen LogP contribution in [0, 0.1) is 0 Å². The average Bonchev–Trinajstić information content (AvgIpc) is 2.75. The molecule has 0 aliphatic heterocycles. The standard InChI is InChI=1S/C13H16N2O4/c1-8(16)6-11-14-12(13(17)19-3)10-7-9(18-2)4-5-15(10)11/h4-5,7-8,16H,6H2,1-3H3. The van der Waals surface area contributed by atoms with Gasteiger partial charge in [0.2, 0.25) is 0 Å². The van der Waals surface area contributed by atoms with Crippen LogP contribution in [0.15, 0.2) is 18.3 Å². The van der Waals surface area contributed by atoms with Gasteiger partial charge in [0.05, 0.1) is 25.8 Å². The van der Waals surface area contributed by atoms with Gasteiger partial charge in [0, 0.05) is 18.7 Å².